The molecular formula is C18H20N2. The molecule has 2 heterocycles. The number of aryl methyl sites for hydroxylation is 1. The molecule has 1 aliphatic carbocycles. The van der Waals surface area contributed by atoms with Gasteiger partial charge in [-0.2, -0.15) is 0 Å². The third kappa shape index (κ3) is 1.91. The third-order valence-electron chi connectivity index (χ3n) is 4.99. The van der Waals surface area contributed by atoms with E-state index in [9.17, 15) is 0 Å². The molecule has 2 aromatic rings. The fourth-order valence-corrected chi connectivity index (χ4v) is 3.82. The van der Waals surface area contributed by atoms with Crippen molar-refractivity contribution in [1.29, 1.82) is 0 Å². The van der Waals surface area contributed by atoms with E-state index >= 15 is 0 Å². The van der Waals surface area contributed by atoms with Crippen molar-refractivity contribution in [2.45, 2.75) is 25.7 Å². The van der Waals surface area contributed by atoms with Gasteiger partial charge < -0.3 is 4.90 Å². The smallest absolute Gasteiger partial charge is 0.0366 e. The van der Waals surface area contributed by atoms with Gasteiger partial charge in [0.15, 0.2) is 0 Å². The third-order valence-corrected chi connectivity index (χ3v) is 4.99. The fraction of sp³-hybridized carbons (Fsp3) is 0.389. The highest BCUT2D eigenvalue weighted by Gasteiger charge is 2.52. The van der Waals surface area contributed by atoms with Crippen LogP contribution in [0.4, 0.5) is 5.69 Å². The first-order valence-corrected chi connectivity index (χ1v) is 7.46. The van der Waals surface area contributed by atoms with Crippen LogP contribution >= 0.6 is 0 Å². The predicted octanol–water partition coefficient (Wildman–Crippen LogP) is 3.77. The highest BCUT2D eigenvalue weighted by atomic mass is 15.2. The molecule has 0 atom stereocenters. The van der Waals surface area contributed by atoms with Crippen LogP contribution in [0.2, 0.25) is 0 Å². The van der Waals surface area contributed by atoms with Crippen LogP contribution in [0, 0.1) is 12.3 Å². The second-order valence-electron chi connectivity index (χ2n) is 6.58. The van der Waals surface area contributed by atoms with Crippen LogP contribution in [0.15, 0.2) is 48.8 Å². The number of nitrogens with zero attached hydrogens (tertiary/aromatic N) is 2. The summed E-state index contributed by atoms with van der Waals surface area (Å²) >= 11 is 0. The lowest BCUT2D eigenvalue weighted by Gasteiger charge is -2.60. The summed E-state index contributed by atoms with van der Waals surface area (Å²) < 4.78 is 0. The van der Waals surface area contributed by atoms with E-state index in [1.165, 1.54) is 42.7 Å². The Morgan fingerprint density at radius 3 is 2.30 bits per heavy atom. The second-order valence-corrected chi connectivity index (χ2v) is 6.58. The molecule has 1 saturated heterocycles. The number of hydrogen-bond acceptors (Lipinski definition) is 2. The maximum atomic E-state index is 4.11. The zero-order valence-electron chi connectivity index (χ0n) is 11.9. The van der Waals surface area contributed by atoms with Crippen LogP contribution in [0.25, 0.3) is 0 Å². The molecule has 0 amide bonds. The quantitative estimate of drug-likeness (QED) is 0.820. The molecule has 4 rings (SSSR count). The van der Waals surface area contributed by atoms with Crippen molar-refractivity contribution < 1.29 is 0 Å². The summed E-state index contributed by atoms with van der Waals surface area (Å²) in [6, 6.07) is 13.3. The molecule has 2 aliphatic rings. The molecule has 1 spiro atoms. The minimum Gasteiger partial charge on any atom is -0.370 e. The van der Waals surface area contributed by atoms with Gasteiger partial charge in [-0.3, -0.25) is 4.98 Å². The van der Waals surface area contributed by atoms with Gasteiger partial charge in [0.1, 0.15) is 0 Å². The van der Waals surface area contributed by atoms with Gasteiger partial charge in [0.25, 0.3) is 0 Å². The Hall–Kier alpha value is -1.83. The fourth-order valence-electron chi connectivity index (χ4n) is 3.82. The van der Waals surface area contributed by atoms with Crippen LogP contribution in [0.1, 0.15) is 29.9 Å². The zero-order valence-corrected chi connectivity index (χ0v) is 11.9. The van der Waals surface area contributed by atoms with Crippen molar-refractivity contribution in [3.8, 4) is 0 Å². The van der Waals surface area contributed by atoms with Crippen LogP contribution in [-0.2, 0) is 0 Å². The van der Waals surface area contributed by atoms with Gasteiger partial charge in [-0.25, -0.2) is 0 Å². The molecule has 0 N–H and O–H groups in total. The minimum atomic E-state index is 0.596. The van der Waals surface area contributed by atoms with Gasteiger partial charge >= 0.3 is 0 Å². The molecule has 0 unspecified atom stereocenters. The molecule has 1 aliphatic heterocycles. The highest BCUT2D eigenvalue weighted by molar-refractivity contribution is 5.51. The summed E-state index contributed by atoms with van der Waals surface area (Å²) in [7, 11) is 0. The number of benzene rings is 1. The highest BCUT2D eigenvalue weighted by Crippen LogP contribution is 2.56. The summed E-state index contributed by atoms with van der Waals surface area (Å²) in [5.41, 5.74) is 4.79. The monoisotopic (exact) mass is 264 g/mol. The van der Waals surface area contributed by atoms with E-state index in [1.54, 1.807) is 0 Å². The lowest BCUT2D eigenvalue weighted by molar-refractivity contribution is 0.0633. The van der Waals surface area contributed by atoms with Crippen molar-refractivity contribution in [2.24, 2.45) is 5.41 Å². The summed E-state index contributed by atoms with van der Waals surface area (Å²) in [4.78, 5) is 6.62. The summed E-state index contributed by atoms with van der Waals surface area (Å²) in [6.07, 6.45) is 6.53. The number of anilines is 1. The van der Waals surface area contributed by atoms with Crippen molar-refractivity contribution in [1.82, 2.24) is 4.98 Å². The van der Waals surface area contributed by atoms with Crippen LogP contribution in [-0.4, -0.2) is 18.1 Å². The van der Waals surface area contributed by atoms with Gasteiger partial charge in [-0.15, -0.1) is 0 Å². The SMILES string of the molecule is Cc1ccc(N2CC3(CC(c4ccncc4)C3)C2)cc1. The van der Waals surface area contributed by atoms with Crippen LogP contribution in [0.5, 0.6) is 0 Å². The molecule has 0 radical (unpaired) electrons. The number of hydrogen-bond donors (Lipinski definition) is 0. The Bertz CT molecular complexity index is 589. The van der Waals surface area contributed by atoms with E-state index in [1.807, 2.05) is 12.4 Å². The van der Waals surface area contributed by atoms with Gasteiger partial charge in [-0.05, 0) is 55.5 Å². The Morgan fingerprint density at radius 1 is 1.00 bits per heavy atom. The molecule has 20 heavy (non-hydrogen) atoms. The van der Waals surface area contributed by atoms with Crippen molar-refractivity contribution in [3.05, 3.63) is 59.9 Å². The van der Waals surface area contributed by atoms with Crippen molar-refractivity contribution in [2.75, 3.05) is 18.0 Å². The molecule has 2 fully saturated rings. The van der Waals surface area contributed by atoms with Gasteiger partial charge in [0.05, 0.1) is 0 Å². The lowest BCUT2D eigenvalue weighted by Crippen LogP contribution is -2.61. The Labute approximate surface area is 120 Å². The molecule has 1 aromatic heterocycles. The average Bonchev–Trinajstić information content (AvgIpc) is 2.39. The summed E-state index contributed by atoms with van der Waals surface area (Å²) in [5.74, 6) is 0.762. The number of aromatic nitrogens is 1. The van der Waals surface area contributed by atoms with E-state index in [-0.39, 0.29) is 0 Å². The van der Waals surface area contributed by atoms with E-state index < -0.39 is 0 Å². The van der Waals surface area contributed by atoms with Crippen LogP contribution in [0.3, 0.4) is 0 Å². The zero-order chi connectivity index (χ0) is 13.6. The van der Waals surface area contributed by atoms with Gasteiger partial charge in [0, 0.05) is 36.6 Å². The standard InChI is InChI=1S/C18H20N2/c1-14-2-4-17(5-3-14)20-12-18(13-20)10-16(11-18)15-6-8-19-9-7-15/h2-9,16H,10-13H2,1H3. The van der Waals surface area contributed by atoms with Crippen molar-refractivity contribution >= 4 is 5.69 Å². The first kappa shape index (κ1) is 12.0. The molecule has 2 heteroatoms. The van der Waals surface area contributed by atoms with Gasteiger partial charge in [-0.1, -0.05) is 17.7 Å². The molecular weight excluding hydrogens is 244 g/mol. The van der Waals surface area contributed by atoms with E-state index in [4.69, 9.17) is 0 Å². The predicted molar refractivity (Wildman–Crippen MR) is 82.0 cm³/mol. The average molecular weight is 264 g/mol. The maximum Gasteiger partial charge on any atom is 0.0366 e. The molecule has 1 aromatic carbocycles. The summed E-state index contributed by atoms with van der Waals surface area (Å²) in [6.45, 7) is 4.61. The Morgan fingerprint density at radius 2 is 1.65 bits per heavy atom. The van der Waals surface area contributed by atoms with E-state index in [0.29, 0.717) is 5.41 Å². The second kappa shape index (κ2) is 4.34. The normalized spacial score (nSPS) is 20.6. The Balaban J connectivity index is 1.37. The molecule has 0 bridgehead atoms. The first-order valence-electron chi connectivity index (χ1n) is 7.46. The minimum absolute atomic E-state index is 0.596. The Kier molecular flexibility index (Phi) is 2.59. The van der Waals surface area contributed by atoms with E-state index in [0.717, 1.165) is 5.92 Å². The largest absolute Gasteiger partial charge is 0.370 e. The lowest BCUT2D eigenvalue weighted by atomic mass is 9.56. The molecule has 2 nitrogen and oxygen atoms in total. The molecule has 102 valence electrons. The summed E-state index contributed by atoms with van der Waals surface area (Å²) in [5, 5.41) is 0. The van der Waals surface area contributed by atoms with Gasteiger partial charge in [0.2, 0.25) is 0 Å². The number of rotatable bonds is 2. The van der Waals surface area contributed by atoms with Crippen molar-refractivity contribution in [3.63, 3.8) is 0 Å². The molecule has 1 saturated carbocycles. The maximum absolute atomic E-state index is 4.11. The van der Waals surface area contributed by atoms with E-state index in [2.05, 4.69) is 53.2 Å². The topological polar surface area (TPSA) is 16.1 Å². The number of pyridine rings is 1. The first-order chi connectivity index (χ1) is 9.74. The van der Waals surface area contributed by atoms with Crippen LogP contribution < -0.4 is 4.90 Å².